The zero-order valence-electron chi connectivity index (χ0n) is 13.3. The zero-order chi connectivity index (χ0) is 17.9. The van der Waals surface area contributed by atoms with Crippen LogP contribution in [0.2, 0.25) is 0 Å². The van der Waals surface area contributed by atoms with Crippen molar-refractivity contribution in [3.63, 3.8) is 0 Å². The largest absolute Gasteiger partial charge is 0.449 e. The predicted octanol–water partition coefficient (Wildman–Crippen LogP) is 3.79. The predicted molar refractivity (Wildman–Crippen MR) is 98.5 cm³/mol. The molecule has 2 amide bonds. The Morgan fingerprint density at radius 1 is 0.923 bits per heavy atom. The maximum atomic E-state index is 12.7. The Hall–Kier alpha value is -3.52. The number of nitrogens with one attached hydrogen (secondary N) is 2. The van der Waals surface area contributed by atoms with Gasteiger partial charge in [0.1, 0.15) is 11.3 Å². The maximum Gasteiger partial charge on any atom is 0.293 e. The van der Waals surface area contributed by atoms with Gasteiger partial charge in [0.15, 0.2) is 5.69 Å². The van der Waals surface area contributed by atoms with E-state index in [-0.39, 0.29) is 11.5 Å². The molecule has 0 aliphatic rings. The molecule has 7 nitrogen and oxygen atoms in total. The molecule has 2 heterocycles. The maximum absolute atomic E-state index is 12.7. The number of hydrogen-bond acceptors (Lipinski definition) is 6. The average Bonchev–Trinajstić information content (AvgIpc) is 3.31. The first-order valence-electron chi connectivity index (χ1n) is 7.69. The van der Waals surface area contributed by atoms with Crippen molar-refractivity contribution in [3.8, 4) is 0 Å². The van der Waals surface area contributed by atoms with E-state index < -0.39 is 11.8 Å². The summed E-state index contributed by atoms with van der Waals surface area (Å²) >= 11 is 1.07. The van der Waals surface area contributed by atoms with Crippen LogP contribution in [0.5, 0.6) is 0 Å². The van der Waals surface area contributed by atoms with Crippen molar-refractivity contribution in [1.29, 1.82) is 0 Å². The Bertz CT molecular complexity index is 1070. The van der Waals surface area contributed by atoms with Gasteiger partial charge in [-0.25, -0.2) is 0 Å². The molecule has 0 unspecified atom stereocenters. The first-order valence-corrected chi connectivity index (χ1v) is 8.52. The molecule has 0 saturated heterocycles. The number of furan rings is 1. The van der Waals surface area contributed by atoms with Crippen LogP contribution in [0.4, 0.5) is 11.4 Å². The van der Waals surface area contributed by atoms with Gasteiger partial charge in [0.25, 0.3) is 11.8 Å². The molecule has 0 aliphatic heterocycles. The van der Waals surface area contributed by atoms with Crippen LogP contribution in [0.15, 0.2) is 64.4 Å². The van der Waals surface area contributed by atoms with Crippen molar-refractivity contribution in [3.05, 3.63) is 71.4 Å². The summed E-state index contributed by atoms with van der Waals surface area (Å²) in [6, 6.07) is 16.1. The third-order valence-corrected chi connectivity index (χ3v) is 4.17. The summed E-state index contributed by atoms with van der Waals surface area (Å²) in [5.74, 6) is -0.898. The minimum absolute atomic E-state index is 0.0200. The molecule has 8 heteroatoms. The molecule has 2 aromatic heterocycles. The van der Waals surface area contributed by atoms with E-state index in [1.54, 1.807) is 36.4 Å². The van der Waals surface area contributed by atoms with Gasteiger partial charge < -0.3 is 15.1 Å². The fourth-order valence-electron chi connectivity index (χ4n) is 2.48. The van der Waals surface area contributed by atoms with Gasteiger partial charge in [0.05, 0.1) is 0 Å². The molecule has 0 bridgehead atoms. The first-order chi connectivity index (χ1) is 12.7. The van der Waals surface area contributed by atoms with Crippen molar-refractivity contribution in [2.75, 3.05) is 10.6 Å². The highest BCUT2D eigenvalue weighted by Crippen LogP contribution is 2.31. The van der Waals surface area contributed by atoms with E-state index in [0.717, 1.165) is 11.5 Å². The number of anilines is 2. The number of benzene rings is 2. The molecule has 0 spiro atoms. The number of rotatable bonds is 4. The van der Waals surface area contributed by atoms with Gasteiger partial charge in [-0.1, -0.05) is 34.8 Å². The molecule has 4 aromatic rings. The van der Waals surface area contributed by atoms with E-state index in [9.17, 15) is 9.59 Å². The van der Waals surface area contributed by atoms with E-state index in [0.29, 0.717) is 22.3 Å². The topological polar surface area (TPSA) is 97.1 Å². The van der Waals surface area contributed by atoms with E-state index in [1.165, 1.54) is 5.38 Å². The van der Waals surface area contributed by atoms with Gasteiger partial charge in [0, 0.05) is 16.5 Å². The fourth-order valence-corrected chi connectivity index (χ4v) is 2.92. The summed E-state index contributed by atoms with van der Waals surface area (Å²) in [6.07, 6.45) is 0. The quantitative estimate of drug-likeness (QED) is 0.574. The highest BCUT2D eigenvalue weighted by molar-refractivity contribution is 7.03. The monoisotopic (exact) mass is 364 g/mol. The minimum atomic E-state index is -0.459. The third kappa shape index (κ3) is 3.05. The van der Waals surface area contributed by atoms with E-state index in [4.69, 9.17) is 4.42 Å². The summed E-state index contributed by atoms with van der Waals surface area (Å²) in [5, 5.41) is 11.4. The van der Waals surface area contributed by atoms with Crippen molar-refractivity contribution in [2.45, 2.75) is 0 Å². The van der Waals surface area contributed by atoms with Gasteiger partial charge in [-0.05, 0) is 35.8 Å². The van der Waals surface area contributed by atoms with Crippen LogP contribution in [0.1, 0.15) is 21.0 Å². The standard InChI is InChI=1S/C18H12N4O3S/c23-17(13-10-26-22-21-13)20-15-12-8-4-5-9-14(12)25-16(15)18(24)19-11-6-2-1-3-7-11/h1-10H,(H,19,24)(H,20,23). The van der Waals surface area contributed by atoms with Crippen molar-refractivity contribution in [1.82, 2.24) is 9.59 Å². The zero-order valence-corrected chi connectivity index (χ0v) is 14.1. The molecule has 4 rings (SSSR count). The second-order valence-corrected chi connectivity index (χ2v) is 5.98. The number of aromatic nitrogens is 2. The normalized spacial score (nSPS) is 10.6. The highest BCUT2D eigenvalue weighted by atomic mass is 32.1. The summed E-state index contributed by atoms with van der Waals surface area (Å²) < 4.78 is 9.37. The molecule has 26 heavy (non-hydrogen) atoms. The Morgan fingerprint density at radius 2 is 1.69 bits per heavy atom. The SMILES string of the molecule is O=C(Nc1c(C(=O)Nc2ccccc2)oc2ccccc12)c1csnn1. The fraction of sp³-hybridized carbons (Fsp3) is 0. The van der Waals surface area contributed by atoms with Crippen LogP contribution >= 0.6 is 11.5 Å². The van der Waals surface area contributed by atoms with Crippen LogP contribution < -0.4 is 10.6 Å². The number of carbonyl (C=O) groups is 2. The van der Waals surface area contributed by atoms with Crippen LogP contribution in [-0.2, 0) is 0 Å². The number of amides is 2. The molecule has 0 atom stereocenters. The van der Waals surface area contributed by atoms with Crippen molar-refractivity contribution >= 4 is 45.7 Å². The lowest BCUT2D eigenvalue weighted by Gasteiger charge is -2.06. The van der Waals surface area contributed by atoms with Gasteiger partial charge in [0.2, 0.25) is 5.76 Å². The number of hydrogen-bond donors (Lipinski definition) is 2. The number of nitrogens with zero attached hydrogens (tertiary/aromatic N) is 2. The summed E-state index contributed by atoms with van der Waals surface area (Å²) in [4.78, 5) is 25.1. The van der Waals surface area contributed by atoms with E-state index >= 15 is 0 Å². The Balaban J connectivity index is 1.71. The third-order valence-electron chi connectivity index (χ3n) is 3.66. The summed E-state index contributed by atoms with van der Waals surface area (Å²) in [5.41, 5.74) is 1.60. The summed E-state index contributed by atoms with van der Waals surface area (Å²) in [6.45, 7) is 0. The van der Waals surface area contributed by atoms with Gasteiger partial charge in [-0.2, -0.15) is 0 Å². The van der Waals surface area contributed by atoms with E-state index in [1.807, 2.05) is 18.2 Å². The van der Waals surface area contributed by atoms with Gasteiger partial charge >= 0.3 is 0 Å². The van der Waals surface area contributed by atoms with Crippen LogP contribution in [0.3, 0.4) is 0 Å². The van der Waals surface area contributed by atoms with Crippen LogP contribution in [-0.4, -0.2) is 21.4 Å². The Kier molecular flexibility index (Phi) is 4.16. The minimum Gasteiger partial charge on any atom is -0.449 e. The highest BCUT2D eigenvalue weighted by Gasteiger charge is 2.23. The molecule has 2 aromatic carbocycles. The van der Waals surface area contributed by atoms with Crippen molar-refractivity contribution < 1.29 is 14.0 Å². The molecule has 0 saturated carbocycles. The number of carbonyl (C=O) groups excluding carboxylic acids is 2. The Morgan fingerprint density at radius 3 is 2.46 bits per heavy atom. The molecule has 128 valence electrons. The first kappa shape index (κ1) is 16.0. The molecule has 0 radical (unpaired) electrons. The van der Waals surface area contributed by atoms with E-state index in [2.05, 4.69) is 20.2 Å². The second kappa shape index (κ2) is 6.77. The van der Waals surface area contributed by atoms with Gasteiger partial charge in [-0.15, -0.1) is 5.10 Å². The van der Waals surface area contributed by atoms with Gasteiger partial charge in [-0.3, -0.25) is 9.59 Å². The number of fused-ring (bicyclic) bond motifs is 1. The molecular weight excluding hydrogens is 352 g/mol. The molecule has 0 fully saturated rings. The smallest absolute Gasteiger partial charge is 0.293 e. The van der Waals surface area contributed by atoms with Crippen LogP contribution in [0, 0.1) is 0 Å². The molecular formula is C18H12N4O3S. The lowest BCUT2D eigenvalue weighted by molar-refractivity contribution is 0.0999. The molecule has 2 N–H and O–H groups in total. The number of para-hydroxylation sites is 2. The lowest BCUT2D eigenvalue weighted by atomic mass is 10.2. The average molecular weight is 364 g/mol. The Labute approximate surface area is 151 Å². The molecule has 0 aliphatic carbocycles. The summed E-state index contributed by atoms with van der Waals surface area (Å²) in [7, 11) is 0. The lowest BCUT2D eigenvalue weighted by Crippen LogP contribution is -2.17. The second-order valence-electron chi connectivity index (χ2n) is 5.37. The van der Waals surface area contributed by atoms with Crippen LogP contribution in [0.25, 0.3) is 11.0 Å². The van der Waals surface area contributed by atoms with Crippen molar-refractivity contribution in [2.24, 2.45) is 0 Å².